The second-order valence-corrected chi connectivity index (χ2v) is 4.10. The molecule has 0 heterocycles. The van der Waals surface area contributed by atoms with Crippen molar-refractivity contribution in [1.29, 1.82) is 0 Å². The van der Waals surface area contributed by atoms with E-state index < -0.39 is 5.92 Å². The quantitative estimate of drug-likeness (QED) is 0.599. The van der Waals surface area contributed by atoms with Gasteiger partial charge in [-0.25, -0.2) is 0 Å². The number of Topliss-reactive ketones (excluding diaryl/α,β-unsaturated/α-hetero) is 2. The number of halogens is 1. The van der Waals surface area contributed by atoms with E-state index in [-0.39, 0.29) is 11.6 Å². The summed E-state index contributed by atoms with van der Waals surface area (Å²) in [5.74, 6) is -0.498. The summed E-state index contributed by atoms with van der Waals surface area (Å²) in [7, 11) is 0. The van der Waals surface area contributed by atoms with Crippen LogP contribution in [0.15, 0.2) is 24.3 Å². The minimum atomic E-state index is -0.452. The fraction of sp³-hybridized carbons (Fsp3) is 0.273. The fourth-order valence-electron chi connectivity index (χ4n) is 1.78. The fourth-order valence-corrected chi connectivity index (χ4v) is 2.24. The first-order valence-corrected chi connectivity index (χ1v) is 5.61. The number of rotatable bonds is 2. The molecule has 72 valence electrons. The van der Waals surface area contributed by atoms with E-state index in [9.17, 15) is 9.59 Å². The van der Waals surface area contributed by atoms with Crippen LogP contribution in [0, 0.1) is 5.92 Å². The Morgan fingerprint density at radius 3 is 2.00 bits per heavy atom. The van der Waals surface area contributed by atoms with Crippen LogP contribution in [0.25, 0.3) is 0 Å². The van der Waals surface area contributed by atoms with Crippen molar-refractivity contribution >= 4 is 27.5 Å². The zero-order chi connectivity index (χ0) is 10.1. The van der Waals surface area contributed by atoms with Gasteiger partial charge in [0.15, 0.2) is 11.6 Å². The second kappa shape index (κ2) is 3.65. The molecule has 0 radical (unpaired) electrons. The van der Waals surface area contributed by atoms with Gasteiger partial charge >= 0.3 is 0 Å². The number of ketones is 2. The predicted molar refractivity (Wildman–Crippen MR) is 57.0 cm³/mol. The standard InChI is InChI=1S/C11H9BrO2/c12-6-5-9-10(13)7-3-1-2-4-8(7)11(9)14/h1-4,9H,5-6H2. The Morgan fingerprint density at radius 2 is 1.57 bits per heavy atom. The molecule has 0 bridgehead atoms. The van der Waals surface area contributed by atoms with Crippen LogP contribution in [-0.4, -0.2) is 16.9 Å². The monoisotopic (exact) mass is 252 g/mol. The number of hydrogen-bond donors (Lipinski definition) is 0. The third-order valence-electron chi connectivity index (χ3n) is 2.49. The molecule has 0 saturated carbocycles. The third-order valence-corrected chi connectivity index (χ3v) is 2.95. The molecular formula is C11H9BrO2. The summed E-state index contributed by atoms with van der Waals surface area (Å²) in [4.78, 5) is 23.5. The summed E-state index contributed by atoms with van der Waals surface area (Å²) >= 11 is 3.25. The number of carbonyl (C=O) groups is 2. The maximum Gasteiger partial charge on any atom is 0.174 e. The molecule has 0 atom stereocenters. The average Bonchev–Trinajstić information content (AvgIpc) is 2.45. The minimum absolute atomic E-state index is 0.0231. The number of hydrogen-bond acceptors (Lipinski definition) is 2. The summed E-state index contributed by atoms with van der Waals surface area (Å²) in [6, 6.07) is 7.04. The van der Waals surface area contributed by atoms with Crippen molar-refractivity contribution in [2.45, 2.75) is 6.42 Å². The molecule has 1 aliphatic rings. The Bertz CT molecular complexity index is 363. The molecule has 0 fully saturated rings. The van der Waals surface area contributed by atoms with Crippen LogP contribution in [0.5, 0.6) is 0 Å². The average molecular weight is 253 g/mol. The van der Waals surface area contributed by atoms with Gasteiger partial charge in [-0.15, -0.1) is 0 Å². The van der Waals surface area contributed by atoms with Crippen LogP contribution < -0.4 is 0 Å². The van der Waals surface area contributed by atoms with Crippen LogP contribution in [0.1, 0.15) is 27.1 Å². The van der Waals surface area contributed by atoms with E-state index in [1.54, 1.807) is 24.3 Å². The highest BCUT2D eigenvalue weighted by Crippen LogP contribution is 2.28. The first kappa shape index (κ1) is 9.59. The Balaban J connectivity index is 2.43. The molecule has 0 N–H and O–H groups in total. The van der Waals surface area contributed by atoms with E-state index in [1.165, 1.54) is 0 Å². The maximum absolute atomic E-state index is 11.8. The van der Waals surface area contributed by atoms with Crippen LogP contribution >= 0.6 is 15.9 Å². The van der Waals surface area contributed by atoms with E-state index in [1.807, 2.05) is 0 Å². The molecule has 14 heavy (non-hydrogen) atoms. The molecular weight excluding hydrogens is 244 g/mol. The number of carbonyl (C=O) groups excluding carboxylic acids is 2. The first-order chi connectivity index (χ1) is 6.75. The first-order valence-electron chi connectivity index (χ1n) is 4.49. The topological polar surface area (TPSA) is 34.1 Å². The smallest absolute Gasteiger partial charge is 0.174 e. The van der Waals surface area contributed by atoms with Crippen LogP contribution in [0.3, 0.4) is 0 Å². The molecule has 2 nitrogen and oxygen atoms in total. The van der Waals surface area contributed by atoms with Gasteiger partial charge in [0.1, 0.15) is 0 Å². The highest BCUT2D eigenvalue weighted by molar-refractivity contribution is 9.09. The Morgan fingerprint density at radius 1 is 1.07 bits per heavy atom. The summed E-state index contributed by atoms with van der Waals surface area (Å²) in [6.07, 6.45) is 0.590. The molecule has 0 saturated heterocycles. The van der Waals surface area contributed by atoms with E-state index >= 15 is 0 Å². The van der Waals surface area contributed by atoms with E-state index in [4.69, 9.17) is 0 Å². The van der Waals surface area contributed by atoms with Crippen LogP contribution in [0.2, 0.25) is 0 Å². The minimum Gasteiger partial charge on any atom is -0.293 e. The number of fused-ring (bicyclic) bond motifs is 1. The Hall–Kier alpha value is -0.960. The van der Waals surface area contributed by atoms with Gasteiger partial charge < -0.3 is 0 Å². The molecule has 1 aliphatic carbocycles. The lowest BCUT2D eigenvalue weighted by Gasteiger charge is -2.01. The zero-order valence-corrected chi connectivity index (χ0v) is 9.08. The maximum atomic E-state index is 11.8. The third kappa shape index (κ3) is 1.32. The van der Waals surface area contributed by atoms with E-state index in [2.05, 4.69) is 15.9 Å². The molecule has 3 heteroatoms. The predicted octanol–water partition coefficient (Wildman–Crippen LogP) is 2.47. The molecule has 2 rings (SSSR count). The lowest BCUT2D eigenvalue weighted by Crippen LogP contribution is -2.15. The molecule has 0 spiro atoms. The highest BCUT2D eigenvalue weighted by Gasteiger charge is 2.37. The van der Waals surface area contributed by atoms with Gasteiger partial charge in [0.25, 0.3) is 0 Å². The van der Waals surface area contributed by atoms with Crippen molar-refractivity contribution in [3.63, 3.8) is 0 Å². The van der Waals surface area contributed by atoms with Gasteiger partial charge in [-0.3, -0.25) is 9.59 Å². The summed E-state index contributed by atoms with van der Waals surface area (Å²) in [6.45, 7) is 0. The Labute approximate surface area is 90.4 Å². The van der Waals surface area contributed by atoms with Crippen molar-refractivity contribution in [3.8, 4) is 0 Å². The molecule has 0 aliphatic heterocycles. The van der Waals surface area contributed by atoms with Gasteiger partial charge in [0.05, 0.1) is 5.92 Å². The highest BCUT2D eigenvalue weighted by atomic mass is 79.9. The van der Waals surface area contributed by atoms with E-state index in [0.717, 1.165) is 0 Å². The lowest BCUT2D eigenvalue weighted by molar-refractivity contribution is 0.0836. The lowest BCUT2D eigenvalue weighted by atomic mass is 10.0. The molecule has 0 unspecified atom stereocenters. The number of benzene rings is 1. The van der Waals surface area contributed by atoms with Crippen LogP contribution in [0.4, 0.5) is 0 Å². The molecule has 0 amide bonds. The van der Waals surface area contributed by atoms with Crippen molar-refractivity contribution in [1.82, 2.24) is 0 Å². The second-order valence-electron chi connectivity index (χ2n) is 3.30. The molecule has 0 aromatic heterocycles. The van der Waals surface area contributed by atoms with E-state index in [0.29, 0.717) is 22.9 Å². The Kier molecular flexibility index (Phi) is 2.50. The SMILES string of the molecule is O=C1c2ccccc2C(=O)C1CCBr. The van der Waals surface area contributed by atoms with Crippen LogP contribution in [-0.2, 0) is 0 Å². The van der Waals surface area contributed by atoms with Gasteiger partial charge in [0.2, 0.25) is 0 Å². The van der Waals surface area contributed by atoms with Gasteiger partial charge in [-0.05, 0) is 6.42 Å². The van der Waals surface area contributed by atoms with Crippen molar-refractivity contribution in [3.05, 3.63) is 35.4 Å². The summed E-state index contributed by atoms with van der Waals surface area (Å²) in [5, 5.41) is 0.684. The largest absolute Gasteiger partial charge is 0.293 e. The number of alkyl halides is 1. The van der Waals surface area contributed by atoms with Crippen molar-refractivity contribution in [2.24, 2.45) is 5.92 Å². The molecule has 1 aromatic rings. The van der Waals surface area contributed by atoms with Crippen molar-refractivity contribution < 1.29 is 9.59 Å². The summed E-state index contributed by atoms with van der Waals surface area (Å²) < 4.78 is 0. The van der Waals surface area contributed by atoms with Gasteiger partial charge in [-0.1, -0.05) is 40.2 Å². The normalized spacial score (nSPS) is 16.1. The molecule has 1 aromatic carbocycles. The van der Waals surface area contributed by atoms with Crippen molar-refractivity contribution in [2.75, 3.05) is 5.33 Å². The van der Waals surface area contributed by atoms with Gasteiger partial charge in [0, 0.05) is 16.5 Å². The van der Waals surface area contributed by atoms with Gasteiger partial charge in [-0.2, -0.15) is 0 Å². The zero-order valence-electron chi connectivity index (χ0n) is 7.50. The summed E-state index contributed by atoms with van der Waals surface area (Å²) in [5.41, 5.74) is 1.17.